The molecule has 1 aromatic carbocycles. The molecule has 2 N–H and O–H groups in total. The molecule has 2 saturated carbocycles. The molecule has 0 saturated heterocycles. The van der Waals surface area contributed by atoms with Gasteiger partial charge >= 0.3 is 5.97 Å². The minimum Gasteiger partial charge on any atom is -0.478 e. The molecule has 3 nitrogen and oxygen atoms in total. The summed E-state index contributed by atoms with van der Waals surface area (Å²) in [4.78, 5) is 10.9. The van der Waals surface area contributed by atoms with E-state index in [0.717, 1.165) is 17.5 Å². The first-order valence-corrected chi connectivity index (χ1v) is 7.84. The maximum absolute atomic E-state index is 10.9. The maximum atomic E-state index is 10.9. The van der Waals surface area contributed by atoms with Crippen molar-refractivity contribution in [3.63, 3.8) is 0 Å². The van der Waals surface area contributed by atoms with Gasteiger partial charge in [-0.3, -0.25) is 0 Å². The summed E-state index contributed by atoms with van der Waals surface area (Å²) in [6, 6.07) is 7.74. The normalized spacial score (nSPS) is 26.8. The molecule has 2 atom stereocenters. The van der Waals surface area contributed by atoms with Gasteiger partial charge in [0.1, 0.15) is 0 Å². The highest BCUT2D eigenvalue weighted by atomic mass is 16.4. The van der Waals surface area contributed by atoms with Gasteiger partial charge in [-0.1, -0.05) is 32.1 Å². The van der Waals surface area contributed by atoms with Crippen LogP contribution in [0.4, 0.5) is 5.69 Å². The average molecular weight is 273 g/mol. The van der Waals surface area contributed by atoms with Crippen LogP contribution in [0.25, 0.3) is 0 Å². The Morgan fingerprint density at radius 1 is 1.00 bits per heavy atom. The van der Waals surface area contributed by atoms with Gasteiger partial charge in [-0.15, -0.1) is 0 Å². The van der Waals surface area contributed by atoms with Crippen LogP contribution in [-0.4, -0.2) is 17.1 Å². The molecular formula is C17H23NO2. The third kappa shape index (κ3) is 2.82. The highest BCUT2D eigenvalue weighted by molar-refractivity contribution is 5.88. The molecule has 2 fully saturated rings. The monoisotopic (exact) mass is 273 g/mol. The van der Waals surface area contributed by atoms with E-state index in [4.69, 9.17) is 5.11 Å². The minimum atomic E-state index is -0.860. The van der Waals surface area contributed by atoms with Crippen LogP contribution in [0.1, 0.15) is 55.3 Å². The second-order valence-corrected chi connectivity index (χ2v) is 6.27. The largest absolute Gasteiger partial charge is 0.478 e. The van der Waals surface area contributed by atoms with E-state index in [1.807, 2.05) is 12.1 Å². The van der Waals surface area contributed by atoms with Crippen LogP contribution >= 0.6 is 0 Å². The van der Waals surface area contributed by atoms with Gasteiger partial charge in [0.25, 0.3) is 0 Å². The number of benzene rings is 1. The van der Waals surface area contributed by atoms with E-state index < -0.39 is 5.97 Å². The van der Waals surface area contributed by atoms with E-state index in [9.17, 15) is 4.79 Å². The van der Waals surface area contributed by atoms with Gasteiger partial charge in [0.2, 0.25) is 0 Å². The predicted octanol–water partition coefficient (Wildman–Crippen LogP) is 4.16. The van der Waals surface area contributed by atoms with Crippen molar-refractivity contribution in [1.82, 2.24) is 0 Å². The number of rotatable bonds is 4. The van der Waals surface area contributed by atoms with Crippen LogP contribution < -0.4 is 5.32 Å². The Balaban J connectivity index is 1.65. The Bertz CT molecular complexity index is 462. The van der Waals surface area contributed by atoms with Crippen molar-refractivity contribution >= 4 is 11.7 Å². The van der Waals surface area contributed by atoms with Crippen LogP contribution in [0.15, 0.2) is 24.3 Å². The van der Waals surface area contributed by atoms with E-state index >= 15 is 0 Å². The van der Waals surface area contributed by atoms with Crippen LogP contribution in [0, 0.1) is 11.8 Å². The molecule has 0 aliphatic heterocycles. The molecular weight excluding hydrogens is 250 g/mol. The fourth-order valence-electron chi connectivity index (χ4n) is 4.04. The number of carboxylic acid groups (broad SMARTS) is 1. The summed E-state index contributed by atoms with van der Waals surface area (Å²) in [6.07, 6.45) is 9.55. The summed E-state index contributed by atoms with van der Waals surface area (Å²) < 4.78 is 0. The highest BCUT2D eigenvalue weighted by Gasteiger charge is 2.34. The SMILES string of the molecule is O=C(O)c1ccc(NC2CCCC2C2CCCC2)cc1. The standard InChI is InChI=1S/C17H23NO2/c19-17(20)13-8-10-14(11-9-13)18-16-7-3-6-15(16)12-4-1-2-5-12/h8-12,15-16,18H,1-7H2,(H,19,20). The van der Waals surface area contributed by atoms with Crippen molar-refractivity contribution < 1.29 is 9.90 Å². The van der Waals surface area contributed by atoms with Crippen LogP contribution in [0.2, 0.25) is 0 Å². The van der Waals surface area contributed by atoms with E-state index in [1.165, 1.54) is 44.9 Å². The number of aromatic carboxylic acids is 1. The molecule has 0 bridgehead atoms. The van der Waals surface area contributed by atoms with Gasteiger partial charge in [0.15, 0.2) is 0 Å². The molecule has 0 spiro atoms. The fourth-order valence-corrected chi connectivity index (χ4v) is 4.04. The van der Waals surface area contributed by atoms with E-state index in [1.54, 1.807) is 12.1 Å². The predicted molar refractivity (Wildman–Crippen MR) is 80.1 cm³/mol. The van der Waals surface area contributed by atoms with Gasteiger partial charge in [-0.2, -0.15) is 0 Å². The smallest absolute Gasteiger partial charge is 0.335 e. The highest BCUT2D eigenvalue weighted by Crippen LogP contribution is 2.41. The summed E-state index contributed by atoms with van der Waals surface area (Å²) in [5.74, 6) is 0.867. The van der Waals surface area contributed by atoms with Gasteiger partial charge in [0, 0.05) is 11.7 Å². The number of anilines is 1. The maximum Gasteiger partial charge on any atom is 0.335 e. The summed E-state index contributed by atoms with van der Waals surface area (Å²) >= 11 is 0. The molecule has 3 rings (SSSR count). The topological polar surface area (TPSA) is 49.3 Å². The van der Waals surface area contributed by atoms with Crippen molar-refractivity contribution in [1.29, 1.82) is 0 Å². The molecule has 2 unspecified atom stereocenters. The first-order valence-electron chi connectivity index (χ1n) is 7.84. The third-order valence-electron chi connectivity index (χ3n) is 5.06. The molecule has 0 heterocycles. The van der Waals surface area contributed by atoms with Crippen LogP contribution in [0.3, 0.4) is 0 Å². The number of hydrogen-bond acceptors (Lipinski definition) is 2. The van der Waals surface area contributed by atoms with Gasteiger partial charge in [0.05, 0.1) is 5.56 Å². The lowest BCUT2D eigenvalue weighted by atomic mass is 9.86. The van der Waals surface area contributed by atoms with Crippen molar-refractivity contribution in [2.45, 2.75) is 51.0 Å². The molecule has 0 radical (unpaired) electrons. The summed E-state index contributed by atoms with van der Waals surface area (Å²) in [7, 11) is 0. The minimum absolute atomic E-state index is 0.356. The van der Waals surface area contributed by atoms with E-state index in [-0.39, 0.29) is 0 Å². The summed E-state index contributed by atoms with van der Waals surface area (Å²) in [5, 5.41) is 12.6. The third-order valence-corrected chi connectivity index (χ3v) is 5.06. The number of nitrogens with one attached hydrogen (secondary N) is 1. The number of carboxylic acids is 1. The average Bonchev–Trinajstić information content (AvgIpc) is 3.09. The molecule has 3 heteroatoms. The molecule has 20 heavy (non-hydrogen) atoms. The second-order valence-electron chi connectivity index (χ2n) is 6.27. The van der Waals surface area contributed by atoms with Crippen LogP contribution in [-0.2, 0) is 0 Å². The summed E-state index contributed by atoms with van der Waals surface area (Å²) in [6.45, 7) is 0. The van der Waals surface area contributed by atoms with E-state index in [2.05, 4.69) is 5.32 Å². The zero-order valence-corrected chi connectivity index (χ0v) is 11.8. The fraction of sp³-hybridized carbons (Fsp3) is 0.588. The van der Waals surface area contributed by atoms with Gasteiger partial charge in [-0.25, -0.2) is 4.79 Å². The molecule has 0 aromatic heterocycles. The lowest BCUT2D eigenvalue weighted by Gasteiger charge is -2.27. The Morgan fingerprint density at radius 3 is 2.35 bits per heavy atom. The van der Waals surface area contributed by atoms with Crippen molar-refractivity contribution in [2.24, 2.45) is 11.8 Å². The zero-order valence-electron chi connectivity index (χ0n) is 11.8. The Labute approximate surface area is 120 Å². The lowest BCUT2D eigenvalue weighted by Crippen LogP contribution is -2.28. The molecule has 108 valence electrons. The zero-order chi connectivity index (χ0) is 13.9. The Hall–Kier alpha value is -1.51. The quantitative estimate of drug-likeness (QED) is 0.866. The Kier molecular flexibility index (Phi) is 3.95. The lowest BCUT2D eigenvalue weighted by molar-refractivity contribution is 0.0697. The second kappa shape index (κ2) is 5.86. The molecule has 1 aromatic rings. The number of carbonyl (C=O) groups is 1. The number of hydrogen-bond donors (Lipinski definition) is 2. The molecule has 2 aliphatic carbocycles. The van der Waals surface area contributed by atoms with Gasteiger partial charge < -0.3 is 10.4 Å². The van der Waals surface area contributed by atoms with E-state index in [0.29, 0.717) is 11.6 Å². The van der Waals surface area contributed by atoms with Crippen molar-refractivity contribution in [2.75, 3.05) is 5.32 Å². The summed E-state index contributed by atoms with van der Waals surface area (Å²) in [5.41, 5.74) is 1.42. The first kappa shape index (κ1) is 13.5. The molecule has 2 aliphatic rings. The van der Waals surface area contributed by atoms with Crippen molar-refractivity contribution in [3.8, 4) is 0 Å². The van der Waals surface area contributed by atoms with Crippen LogP contribution in [0.5, 0.6) is 0 Å². The molecule has 0 amide bonds. The van der Waals surface area contributed by atoms with Gasteiger partial charge in [-0.05, 0) is 48.9 Å². The first-order chi connectivity index (χ1) is 9.74. The Morgan fingerprint density at radius 2 is 1.70 bits per heavy atom. The van der Waals surface area contributed by atoms with Crippen molar-refractivity contribution in [3.05, 3.63) is 29.8 Å².